The Morgan fingerprint density at radius 1 is 1.20 bits per heavy atom. The van der Waals surface area contributed by atoms with Crippen molar-refractivity contribution >= 4 is 11.8 Å². The number of halogens is 4. The molecule has 9 heteroatoms. The van der Waals surface area contributed by atoms with Crippen molar-refractivity contribution in [2.75, 3.05) is 19.6 Å². The van der Waals surface area contributed by atoms with Crippen molar-refractivity contribution in [3.8, 4) is 0 Å². The van der Waals surface area contributed by atoms with Gasteiger partial charge >= 0.3 is 6.18 Å². The van der Waals surface area contributed by atoms with Gasteiger partial charge in [0.15, 0.2) is 0 Å². The molecule has 1 saturated heterocycles. The van der Waals surface area contributed by atoms with Crippen molar-refractivity contribution in [3.05, 3.63) is 35.1 Å². The summed E-state index contributed by atoms with van der Waals surface area (Å²) in [6.45, 7) is 8.04. The van der Waals surface area contributed by atoms with Gasteiger partial charge in [0.1, 0.15) is 5.82 Å². The second-order valence-electron chi connectivity index (χ2n) is 8.79. The summed E-state index contributed by atoms with van der Waals surface area (Å²) in [5, 5.41) is 2.71. The maximum absolute atomic E-state index is 13.4. The number of piperidine rings is 1. The van der Waals surface area contributed by atoms with E-state index in [1.165, 1.54) is 0 Å². The first-order valence-electron chi connectivity index (χ1n) is 10.0. The van der Waals surface area contributed by atoms with Gasteiger partial charge in [-0.2, -0.15) is 13.2 Å². The number of nitrogens with zero attached hydrogens (tertiary/aromatic N) is 1. The van der Waals surface area contributed by atoms with E-state index in [1.807, 2.05) is 4.90 Å². The fourth-order valence-corrected chi connectivity index (χ4v) is 3.61. The number of hydrogen-bond donors (Lipinski definition) is 2. The Balaban J connectivity index is 0.000000735. The Hall–Kier alpha value is -2.16. The highest BCUT2D eigenvalue weighted by atomic mass is 19.4. The zero-order valence-corrected chi connectivity index (χ0v) is 17.5. The van der Waals surface area contributed by atoms with Crippen LogP contribution in [0.3, 0.4) is 0 Å². The van der Waals surface area contributed by atoms with Crippen molar-refractivity contribution in [2.45, 2.75) is 52.3 Å². The molecule has 1 aromatic carbocycles. The first-order chi connectivity index (χ1) is 13.8. The van der Waals surface area contributed by atoms with Crippen LogP contribution in [0.1, 0.15) is 56.0 Å². The first-order valence-corrected chi connectivity index (χ1v) is 10.0. The average molecular weight is 431 g/mol. The van der Waals surface area contributed by atoms with E-state index in [9.17, 15) is 27.2 Å². The molecule has 1 heterocycles. The molecular weight excluding hydrogens is 402 g/mol. The summed E-state index contributed by atoms with van der Waals surface area (Å²) in [6.07, 6.45) is -2.46. The molecule has 2 aliphatic rings. The zero-order chi connectivity index (χ0) is 22.7. The number of nitrogens with one attached hydrogen (secondary N) is 1. The number of rotatable bonds is 4. The van der Waals surface area contributed by atoms with Crippen LogP contribution in [0.25, 0.3) is 0 Å². The van der Waals surface area contributed by atoms with Gasteiger partial charge in [0.2, 0.25) is 5.91 Å². The van der Waals surface area contributed by atoms with Gasteiger partial charge in [-0.1, -0.05) is 20.8 Å². The summed E-state index contributed by atoms with van der Waals surface area (Å²) >= 11 is 0. The van der Waals surface area contributed by atoms with Crippen LogP contribution in [0.4, 0.5) is 17.6 Å². The predicted octanol–water partition coefficient (Wildman–Crippen LogP) is 3.58. The van der Waals surface area contributed by atoms with Crippen LogP contribution in [0.2, 0.25) is 0 Å². The van der Waals surface area contributed by atoms with Crippen LogP contribution in [0, 0.1) is 17.2 Å². The van der Waals surface area contributed by atoms with Crippen LogP contribution in [0.15, 0.2) is 18.2 Å². The minimum Gasteiger partial charge on any atom is -0.369 e. The lowest BCUT2D eigenvalue weighted by Crippen LogP contribution is -2.42. The molecule has 3 N–H and O–H groups in total. The third-order valence-corrected chi connectivity index (χ3v) is 5.21. The maximum Gasteiger partial charge on any atom is 0.416 e. The van der Waals surface area contributed by atoms with E-state index in [2.05, 4.69) is 26.1 Å². The second kappa shape index (κ2) is 9.32. The quantitative estimate of drug-likeness (QED) is 0.716. The van der Waals surface area contributed by atoms with E-state index < -0.39 is 29.4 Å². The highest BCUT2D eigenvalue weighted by Crippen LogP contribution is 2.53. The molecule has 1 aliphatic heterocycles. The molecule has 1 saturated carbocycles. The number of carbonyl (C=O) groups excluding carboxylic acids is 2. The predicted molar refractivity (Wildman–Crippen MR) is 105 cm³/mol. The van der Waals surface area contributed by atoms with Crippen LogP contribution in [0.5, 0.6) is 0 Å². The Kier molecular flexibility index (Phi) is 7.49. The normalized spacial score (nSPS) is 20.5. The summed E-state index contributed by atoms with van der Waals surface area (Å²) < 4.78 is 51.7. The standard InChI is InChI=1S/C17H19F4N3O2.C4H10/c18-12-6-10(5-11(7-12)17(19,20)21)15(26)23-13-8-16(13)1-3-24(4-2-16)9-14(22)25;1-4(2)3/h5-7,13H,1-4,8-9H2,(H2,22,25)(H,23,26);4H,1-3H3. The number of benzene rings is 1. The molecule has 168 valence electrons. The third-order valence-electron chi connectivity index (χ3n) is 5.21. The van der Waals surface area contributed by atoms with E-state index in [0.29, 0.717) is 25.2 Å². The molecule has 1 atom stereocenters. The highest BCUT2D eigenvalue weighted by Gasteiger charge is 2.55. The Morgan fingerprint density at radius 3 is 2.27 bits per heavy atom. The summed E-state index contributed by atoms with van der Waals surface area (Å²) in [4.78, 5) is 25.1. The fourth-order valence-electron chi connectivity index (χ4n) is 3.61. The summed E-state index contributed by atoms with van der Waals surface area (Å²) in [5.41, 5.74) is 3.55. The third kappa shape index (κ3) is 6.68. The molecule has 0 radical (unpaired) electrons. The van der Waals surface area contributed by atoms with E-state index in [0.717, 1.165) is 31.2 Å². The SMILES string of the molecule is CC(C)C.NC(=O)CN1CCC2(CC1)CC2NC(=O)c1cc(F)cc(C(F)(F)F)c1. The number of amides is 2. The summed E-state index contributed by atoms with van der Waals surface area (Å²) in [6, 6.07) is 1.67. The molecule has 0 aromatic heterocycles. The van der Waals surface area contributed by atoms with Crippen LogP contribution in [-0.4, -0.2) is 42.4 Å². The van der Waals surface area contributed by atoms with Crippen molar-refractivity contribution in [3.63, 3.8) is 0 Å². The largest absolute Gasteiger partial charge is 0.416 e. The molecule has 1 spiro atoms. The molecule has 2 amide bonds. The molecule has 1 aliphatic carbocycles. The van der Waals surface area contributed by atoms with Crippen LogP contribution < -0.4 is 11.1 Å². The molecule has 2 fully saturated rings. The van der Waals surface area contributed by atoms with Crippen molar-refractivity contribution in [1.29, 1.82) is 0 Å². The monoisotopic (exact) mass is 431 g/mol. The molecule has 5 nitrogen and oxygen atoms in total. The lowest BCUT2D eigenvalue weighted by molar-refractivity contribution is -0.137. The van der Waals surface area contributed by atoms with Gasteiger partial charge < -0.3 is 11.1 Å². The molecule has 1 aromatic rings. The number of alkyl halides is 3. The zero-order valence-electron chi connectivity index (χ0n) is 17.5. The van der Waals surface area contributed by atoms with Crippen molar-refractivity contribution < 1.29 is 27.2 Å². The molecule has 1 unspecified atom stereocenters. The van der Waals surface area contributed by atoms with Gasteiger partial charge in [-0.15, -0.1) is 0 Å². The van der Waals surface area contributed by atoms with Crippen LogP contribution in [-0.2, 0) is 11.0 Å². The van der Waals surface area contributed by atoms with Gasteiger partial charge in [-0.05, 0) is 61.9 Å². The molecule has 0 bridgehead atoms. The molecule has 3 rings (SSSR count). The lowest BCUT2D eigenvalue weighted by atomic mass is 9.92. The van der Waals surface area contributed by atoms with E-state index in [1.54, 1.807) is 0 Å². The minimum absolute atomic E-state index is 0.0933. The van der Waals surface area contributed by atoms with E-state index >= 15 is 0 Å². The summed E-state index contributed by atoms with van der Waals surface area (Å²) in [7, 11) is 0. The molecular formula is C21H29F4N3O2. The van der Waals surface area contributed by atoms with Gasteiger partial charge in [-0.25, -0.2) is 4.39 Å². The lowest BCUT2D eigenvalue weighted by Gasteiger charge is -2.32. The number of hydrogen-bond acceptors (Lipinski definition) is 3. The van der Waals surface area contributed by atoms with E-state index in [-0.39, 0.29) is 23.6 Å². The molecule has 30 heavy (non-hydrogen) atoms. The Morgan fingerprint density at radius 2 is 1.77 bits per heavy atom. The Bertz CT molecular complexity index is 769. The van der Waals surface area contributed by atoms with E-state index in [4.69, 9.17) is 5.73 Å². The van der Waals surface area contributed by atoms with Crippen molar-refractivity contribution in [1.82, 2.24) is 10.2 Å². The fraction of sp³-hybridized carbons (Fsp3) is 0.619. The van der Waals surface area contributed by atoms with Gasteiger partial charge in [0, 0.05) is 11.6 Å². The topological polar surface area (TPSA) is 75.4 Å². The van der Waals surface area contributed by atoms with Gasteiger partial charge in [-0.3, -0.25) is 14.5 Å². The Labute approximate surface area is 174 Å². The average Bonchev–Trinajstić information content (AvgIpc) is 3.26. The highest BCUT2D eigenvalue weighted by molar-refractivity contribution is 5.95. The minimum atomic E-state index is -4.72. The first kappa shape index (κ1) is 24.1. The number of likely N-dealkylation sites (tertiary alicyclic amines) is 1. The number of nitrogens with two attached hydrogens (primary N) is 1. The van der Waals surface area contributed by atoms with Crippen molar-refractivity contribution in [2.24, 2.45) is 17.1 Å². The number of carbonyl (C=O) groups is 2. The van der Waals surface area contributed by atoms with Crippen LogP contribution >= 0.6 is 0 Å². The summed E-state index contributed by atoms with van der Waals surface area (Å²) in [5.74, 6) is -1.38. The smallest absolute Gasteiger partial charge is 0.369 e. The van der Waals surface area contributed by atoms with Gasteiger partial charge in [0.05, 0.1) is 12.1 Å². The van der Waals surface area contributed by atoms with Gasteiger partial charge in [0.25, 0.3) is 5.91 Å². The second-order valence-corrected chi connectivity index (χ2v) is 8.79. The maximum atomic E-state index is 13.4. The number of primary amides is 1.